The smallest absolute Gasteiger partial charge is 0.254 e. The van der Waals surface area contributed by atoms with Crippen molar-refractivity contribution in [2.24, 2.45) is 0 Å². The molecule has 1 heterocycles. The van der Waals surface area contributed by atoms with E-state index in [1.807, 2.05) is 17.0 Å². The summed E-state index contributed by atoms with van der Waals surface area (Å²) in [4.78, 5) is 17.6. The van der Waals surface area contributed by atoms with Gasteiger partial charge in [-0.1, -0.05) is 104 Å². The predicted molar refractivity (Wildman–Crippen MR) is 144 cm³/mol. The van der Waals surface area contributed by atoms with Gasteiger partial charge in [-0.2, -0.15) is 0 Å². The van der Waals surface area contributed by atoms with Gasteiger partial charge in [-0.15, -0.1) is 0 Å². The average molecular weight is 511 g/mol. The number of halogens is 2. The minimum atomic E-state index is -0.0537. The summed E-state index contributed by atoms with van der Waals surface area (Å²) >= 11 is 12.9. The number of hydrogen-bond acceptors (Lipinski definition) is 3. The molecule has 184 valence electrons. The summed E-state index contributed by atoms with van der Waals surface area (Å²) in [5.74, 6) is 0.404. The lowest BCUT2D eigenvalue weighted by Gasteiger charge is -2.40. The Balaban J connectivity index is 1.44. The van der Waals surface area contributed by atoms with E-state index in [9.17, 15) is 4.79 Å². The molecule has 0 unspecified atom stereocenters. The Morgan fingerprint density at radius 3 is 1.91 bits per heavy atom. The first-order chi connectivity index (χ1) is 17.1. The second kappa shape index (κ2) is 12.4. The van der Waals surface area contributed by atoms with Crippen LogP contribution in [0, 0.1) is 0 Å². The Kier molecular flexibility index (Phi) is 9.08. The molecule has 0 aromatic heterocycles. The van der Waals surface area contributed by atoms with Crippen LogP contribution in [0.3, 0.4) is 0 Å². The lowest BCUT2D eigenvalue weighted by atomic mass is 9.96. The fourth-order valence-corrected chi connectivity index (χ4v) is 5.19. The van der Waals surface area contributed by atoms with Gasteiger partial charge in [0.15, 0.2) is 5.75 Å². The number of piperazine rings is 1. The molecule has 0 saturated carbocycles. The van der Waals surface area contributed by atoms with Gasteiger partial charge < -0.3 is 9.64 Å². The standard InChI is InChI=1S/C29H32Cl2N2O2/c1-2-3-10-19-35-28-25(30)20-24(21-26(28)31)29(34)33-17-15-32(16-18-33)27(22-11-6-4-7-12-22)23-13-8-5-9-14-23/h4-9,11-14,20-21,27H,2-3,10,15-19H2,1H3. The third-order valence-electron chi connectivity index (χ3n) is 6.44. The van der Waals surface area contributed by atoms with Gasteiger partial charge in [0.1, 0.15) is 0 Å². The van der Waals surface area contributed by atoms with Crippen molar-refractivity contribution in [1.29, 1.82) is 0 Å². The fourth-order valence-electron chi connectivity index (χ4n) is 4.60. The highest BCUT2D eigenvalue weighted by molar-refractivity contribution is 6.37. The van der Waals surface area contributed by atoms with Gasteiger partial charge in [-0.05, 0) is 29.7 Å². The topological polar surface area (TPSA) is 32.8 Å². The van der Waals surface area contributed by atoms with Crippen LogP contribution in [-0.2, 0) is 0 Å². The van der Waals surface area contributed by atoms with E-state index in [0.717, 1.165) is 32.4 Å². The van der Waals surface area contributed by atoms with Crippen molar-refractivity contribution in [3.63, 3.8) is 0 Å². The maximum Gasteiger partial charge on any atom is 0.254 e. The Hall–Kier alpha value is -2.53. The second-order valence-electron chi connectivity index (χ2n) is 8.88. The molecule has 0 spiro atoms. The molecule has 0 aliphatic carbocycles. The van der Waals surface area contributed by atoms with Crippen molar-refractivity contribution in [2.45, 2.75) is 32.2 Å². The van der Waals surface area contributed by atoms with Crippen LogP contribution in [0.25, 0.3) is 0 Å². The van der Waals surface area contributed by atoms with Crippen molar-refractivity contribution < 1.29 is 9.53 Å². The minimum Gasteiger partial charge on any atom is -0.490 e. The summed E-state index contributed by atoms with van der Waals surface area (Å²) in [6.07, 6.45) is 3.15. The van der Waals surface area contributed by atoms with Crippen LogP contribution in [0.4, 0.5) is 0 Å². The molecule has 0 N–H and O–H groups in total. The zero-order valence-corrected chi connectivity index (χ0v) is 21.6. The molecule has 1 saturated heterocycles. The summed E-state index contributed by atoms with van der Waals surface area (Å²) in [5.41, 5.74) is 3.01. The Labute approximate surface area is 218 Å². The van der Waals surface area contributed by atoms with Crippen LogP contribution < -0.4 is 4.74 Å². The number of nitrogens with zero attached hydrogens (tertiary/aromatic N) is 2. The third kappa shape index (κ3) is 6.38. The summed E-state index contributed by atoms with van der Waals surface area (Å²) in [6, 6.07) is 24.6. The van der Waals surface area contributed by atoms with Crippen molar-refractivity contribution in [3.05, 3.63) is 99.5 Å². The van der Waals surface area contributed by atoms with E-state index in [0.29, 0.717) is 41.1 Å². The molecule has 0 bridgehead atoms. The highest BCUT2D eigenvalue weighted by Gasteiger charge is 2.29. The first-order valence-electron chi connectivity index (χ1n) is 12.3. The van der Waals surface area contributed by atoms with Crippen molar-refractivity contribution in [1.82, 2.24) is 9.80 Å². The molecule has 1 amide bonds. The van der Waals surface area contributed by atoms with Crippen molar-refractivity contribution in [2.75, 3.05) is 32.8 Å². The number of hydrogen-bond donors (Lipinski definition) is 0. The van der Waals surface area contributed by atoms with Gasteiger partial charge in [0, 0.05) is 31.7 Å². The van der Waals surface area contributed by atoms with Crippen LogP contribution in [0.2, 0.25) is 10.0 Å². The first kappa shape index (κ1) is 25.6. The van der Waals surface area contributed by atoms with Gasteiger partial charge in [-0.25, -0.2) is 0 Å². The molecule has 6 heteroatoms. The summed E-state index contributed by atoms with van der Waals surface area (Å²) in [6.45, 7) is 5.54. The monoisotopic (exact) mass is 510 g/mol. The first-order valence-corrected chi connectivity index (χ1v) is 13.1. The predicted octanol–water partition coefficient (Wildman–Crippen LogP) is 7.11. The van der Waals surface area contributed by atoms with Gasteiger partial charge in [0.2, 0.25) is 0 Å². The summed E-state index contributed by atoms with van der Waals surface area (Å²) < 4.78 is 5.78. The molecule has 1 aliphatic heterocycles. The molecule has 3 aromatic carbocycles. The zero-order valence-electron chi connectivity index (χ0n) is 20.1. The van der Waals surface area contributed by atoms with E-state index >= 15 is 0 Å². The number of benzene rings is 3. The SMILES string of the molecule is CCCCCOc1c(Cl)cc(C(=O)N2CCN(C(c3ccccc3)c3ccccc3)CC2)cc1Cl. The fraction of sp³-hybridized carbons (Fsp3) is 0.345. The molecule has 3 aromatic rings. The van der Waals surface area contributed by atoms with E-state index < -0.39 is 0 Å². The molecular weight excluding hydrogens is 479 g/mol. The molecule has 4 nitrogen and oxygen atoms in total. The van der Waals surface area contributed by atoms with E-state index in [1.165, 1.54) is 11.1 Å². The van der Waals surface area contributed by atoms with Crippen LogP contribution >= 0.6 is 23.2 Å². The zero-order chi connectivity index (χ0) is 24.6. The van der Waals surface area contributed by atoms with Gasteiger partial charge in [0.05, 0.1) is 22.7 Å². The molecule has 4 rings (SSSR count). The van der Waals surface area contributed by atoms with Crippen LogP contribution in [-0.4, -0.2) is 48.5 Å². The Morgan fingerprint density at radius 1 is 0.857 bits per heavy atom. The molecule has 0 radical (unpaired) electrons. The van der Waals surface area contributed by atoms with Crippen LogP contribution in [0.1, 0.15) is 53.7 Å². The lowest BCUT2D eigenvalue weighted by Crippen LogP contribution is -2.49. The lowest BCUT2D eigenvalue weighted by molar-refractivity contribution is 0.0597. The number of carbonyl (C=O) groups excluding carboxylic acids is 1. The minimum absolute atomic E-state index is 0.0537. The number of unbranched alkanes of at least 4 members (excludes halogenated alkanes) is 2. The Bertz CT molecular complexity index is 1040. The molecule has 35 heavy (non-hydrogen) atoms. The van der Waals surface area contributed by atoms with Crippen LogP contribution in [0.15, 0.2) is 72.8 Å². The Morgan fingerprint density at radius 2 is 1.40 bits per heavy atom. The highest BCUT2D eigenvalue weighted by atomic mass is 35.5. The van der Waals surface area contributed by atoms with Crippen LogP contribution in [0.5, 0.6) is 5.75 Å². The number of ether oxygens (including phenoxy) is 1. The molecular formula is C29H32Cl2N2O2. The normalized spacial score (nSPS) is 14.3. The van der Waals surface area contributed by atoms with E-state index in [2.05, 4.69) is 60.4 Å². The highest BCUT2D eigenvalue weighted by Crippen LogP contribution is 2.35. The second-order valence-corrected chi connectivity index (χ2v) is 9.69. The summed E-state index contributed by atoms with van der Waals surface area (Å²) in [7, 11) is 0. The molecule has 1 aliphatic rings. The van der Waals surface area contributed by atoms with Gasteiger partial charge in [0.25, 0.3) is 5.91 Å². The number of amides is 1. The average Bonchev–Trinajstić information content (AvgIpc) is 2.89. The van der Waals surface area contributed by atoms with Gasteiger partial charge >= 0.3 is 0 Å². The van der Waals surface area contributed by atoms with E-state index in [4.69, 9.17) is 27.9 Å². The quantitative estimate of drug-likeness (QED) is 0.287. The molecule has 1 fully saturated rings. The number of rotatable bonds is 9. The van der Waals surface area contributed by atoms with Crippen molar-refractivity contribution >= 4 is 29.1 Å². The van der Waals surface area contributed by atoms with Crippen molar-refractivity contribution in [3.8, 4) is 5.75 Å². The summed E-state index contributed by atoms with van der Waals surface area (Å²) in [5, 5.41) is 0.758. The largest absolute Gasteiger partial charge is 0.490 e. The maximum absolute atomic E-state index is 13.3. The molecule has 0 atom stereocenters. The third-order valence-corrected chi connectivity index (χ3v) is 7.00. The van der Waals surface area contributed by atoms with E-state index in [-0.39, 0.29) is 11.9 Å². The maximum atomic E-state index is 13.3. The van der Waals surface area contributed by atoms with Gasteiger partial charge in [-0.3, -0.25) is 9.69 Å². The number of carbonyl (C=O) groups is 1. The van der Waals surface area contributed by atoms with E-state index in [1.54, 1.807) is 12.1 Å².